The Kier molecular flexibility index (Phi) is 4.71. The molecule has 0 spiro atoms. The maximum atomic E-state index is 13.3. The Morgan fingerprint density at radius 3 is 2.33 bits per heavy atom. The first-order valence-corrected chi connectivity index (χ1v) is 5.32. The molecule has 0 saturated heterocycles. The third kappa shape index (κ3) is 3.23. The highest BCUT2D eigenvalue weighted by Crippen LogP contribution is 2.15. The van der Waals surface area contributed by atoms with Crippen LogP contribution in [0.4, 0.5) is 8.78 Å². The molecule has 0 aromatic heterocycles. The van der Waals surface area contributed by atoms with Crippen LogP contribution in [-0.2, 0) is 16.1 Å². The van der Waals surface area contributed by atoms with Gasteiger partial charge in [-0.15, -0.1) is 0 Å². The van der Waals surface area contributed by atoms with Gasteiger partial charge in [0.15, 0.2) is 0 Å². The van der Waals surface area contributed by atoms with E-state index in [2.05, 4.69) is 0 Å². The summed E-state index contributed by atoms with van der Waals surface area (Å²) in [5.74, 6) is -1.93. The molecule has 5 heteroatoms. The average Bonchev–Trinajstić information content (AvgIpc) is 2.33. The molecule has 1 aromatic rings. The third-order valence-electron chi connectivity index (χ3n) is 2.41. The van der Waals surface area contributed by atoms with Gasteiger partial charge in [-0.25, -0.2) is 8.78 Å². The second kappa shape index (κ2) is 6.05. The second-order valence-corrected chi connectivity index (χ2v) is 3.76. The molecule has 2 amide bonds. The molecule has 1 rings (SSSR count). The lowest BCUT2D eigenvalue weighted by Gasteiger charge is -2.14. The van der Waals surface area contributed by atoms with E-state index < -0.39 is 17.5 Å². The molecule has 0 N–H and O–H groups in total. The zero-order valence-corrected chi connectivity index (χ0v) is 10.1. The number of imide groups is 1. The number of hydrogen-bond acceptors (Lipinski definition) is 2. The summed E-state index contributed by atoms with van der Waals surface area (Å²) in [6.45, 7) is 2.78. The van der Waals surface area contributed by atoms with E-state index in [4.69, 9.17) is 0 Å². The van der Waals surface area contributed by atoms with Crippen LogP contribution in [0.3, 0.4) is 0 Å². The SMILES string of the molecule is C/C=C\C(=O)N(C=O)Cc1cc(F)c(C)c(F)c1. The summed E-state index contributed by atoms with van der Waals surface area (Å²) >= 11 is 0. The number of nitrogens with zero attached hydrogens (tertiary/aromatic N) is 1. The standard InChI is InChI=1S/C13H13F2NO2/c1-3-4-13(18)16(8-17)7-10-5-11(14)9(2)12(15)6-10/h3-6,8H,7H2,1-2H3/b4-3-. The Balaban J connectivity index is 2.95. The van der Waals surface area contributed by atoms with E-state index in [1.165, 1.54) is 19.1 Å². The van der Waals surface area contributed by atoms with Crippen LogP contribution in [0.15, 0.2) is 24.3 Å². The zero-order valence-electron chi connectivity index (χ0n) is 10.1. The molecule has 0 heterocycles. The number of rotatable bonds is 4. The monoisotopic (exact) mass is 253 g/mol. The van der Waals surface area contributed by atoms with Crippen molar-refractivity contribution in [3.63, 3.8) is 0 Å². The fourth-order valence-corrected chi connectivity index (χ4v) is 1.39. The molecule has 0 unspecified atom stereocenters. The molecular weight excluding hydrogens is 240 g/mol. The maximum absolute atomic E-state index is 13.3. The molecular formula is C13H13F2NO2. The van der Waals surface area contributed by atoms with Gasteiger partial charge in [0.1, 0.15) is 11.6 Å². The lowest BCUT2D eigenvalue weighted by molar-refractivity contribution is -0.135. The number of benzene rings is 1. The predicted molar refractivity (Wildman–Crippen MR) is 62.5 cm³/mol. The van der Waals surface area contributed by atoms with Crippen LogP contribution in [0.5, 0.6) is 0 Å². The number of carbonyl (C=O) groups excluding carboxylic acids is 2. The van der Waals surface area contributed by atoms with Crippen molar-refractivity contribution in [3.05, 3.63) is 47.0 Å². The summed E-state index contributed by atoms with van der Waals surface area (Å²) in [4.78, 5) is 23.0. The Morgan fingerprint density at radius 2 is 1.89 bits per heavy atom. The summed E-state index contributed by atoms with van der Waals surface area (Å²) in [6, 6.07) is 2.22. The van der Waals surface area contributed by atoms with Crippen molar-refractivity contribution >= 4 is 12.3 Å². The molecule has 0 saturated carbocycles. The molecule has 0 bridgehead atoms. The fourth-order valence-electron chi connectivity index (χ4n) is 1.39. The van der Waals surface area contributed by atoms with Crippen LogP contribution in [0.1, 0.15) is 18.1 Å². The second-order valence-electron chi connectivity index (χ2n) is 3.76. The summed E-state index contributed by atoms with van der Waals surface area (Å²) in [5.41, 5.74) is 0.136. The number of amides is 2. The van der Waals surface area contributed by atoms with Gasteiger partial charge >= 0.3 is 0 Å². The van der Waals surface area contributed by atoms with E-state index in [-0.39, 0.29) is 17.7 Å². The van der Waals surface area contributed by atoms with E-state index in [9.17, 15) is 18.4 Å². The third-order valence-corrected chi connectivity index (χ3v) is 2.41. The van der Waals surface area contributed by atoms with Gasteiger partial charge in [-0.05, 0) is 37.6 Å². The normalized spacial score (nSPS) is 10.7. The number of hydrogen-bond donors (Lipinski definition) is 0. The summed E-state index contributed by atoms with van der Waals surface area (Å²) in [7, 11) is 0. The lowest BCUT2D eigenvalue weighted by Crippen LogP contribution is -2.27. The predicted octanol–water partition coefficient (Wildman–Crippen LogP) is 2.33. The van der Waals surface area contributed by atoms with E-state index in [1.54, 1.807) is 6.92 Å². The summed E-state index contributed by atoms with van der Waals surface area (Å²) in [5, 5.41) is 0. The van der Waals surface area contributed by atoms with Crippen molar-refractivity contribution in [2.45, 2.75) is 20.4 Å². The van der Waals surface area contributed by atoms with Gasteiger partial charge in [0.2, 0.25) is 6.41 Å². The molecule has 0 aliphatic rings. The molecule has 18 heavy (non-hydrogen) atoms. The van der Waals surface area contributed by atoms with E-state index in [1.807, 2.05) is 0 Å². The van der Waals surface area contributed by atoms with Crippen LogP contribution in [0, 0.1) is 18.6 Å². The largest absolute Gasteiger partial charge is 0.278 e. The highest BCUT2D eigenvalue weighted by Gasteiger charge is 2.13. The van der Waals surface area contributed by atoms with E-state index >= 15 is 0 Å². The molecule has 1 aromatic carbocycles. The van der Waals surface area contributed by atoms with Crippen LogP contribution in [-0.4, -0.2) is 17.2 Å². The van der Waals surface area contributed by atoms with Gasteiger partial charge in [-0.2, -0.15) is 0 Å². The van der Waals surface area contributed by atoms with Gasteiger partial charge in [-0.3, -0.25) is 14.5 Å². The minimum Gasteiger partial charge on any atom is -0.278 e. The Labute approximate surface area is 104 Å². The molecule has 0 aliphatic carbocycles. The molecule has 0 atom stereocenters. The summed E-state index contributed by atoms with van der Waals surface area (Å²) < 4.78 is 26.6. The number of halogens is 2. The molecule has 96 valence electrons. The molecule has 0 radical (unpaired) electrons. The minimum absolute atomic E-state index is 0.0869. The van der Waals surface area contributed by atoms with E-state index in [0.29, 0.717) is 6.41 Å². The number of carbonyl (C=O) groups is 2. The van der Waals surface area contributed by atoms with E-state index in [0.717, 1.165) is 17.0 Å². The summed E-state index contributed by atoms with van der Waals surface area (Å²) in [6.07, 6.45) is 3.02. The zero-order chi connectivity index (χ0) is 13.7. The first-order valence-electron chi connectivity index (χ1n) is 5.32. The first kappa shape index (κ1) is 14.0. The van der Waals surface area contributed by atoms with Gasteiger partial charge in [0.25, 0.3) is 5.91 Å². The van der Waals surface area contributed by atoms with Crippen LogP contribution in [0.2, 0.25) is 0 Å². The van der Waals surface area contributed by atoms with Crippen LogP contribution < -0.4 is 0 Å². The van der Waals surface area contributed by atoms with Crippen molar-refractivity contribution in [1.29, 1.82) is 0 Å². The van der Waals surface area contributed by atoms with Gasteiger partial charge < -0.3 is 0 Å². The molecule has 0 aliphatic heterocycles. The van der Waals surface area contributed by atoms with Crippen molar-refractivity contribution in [1.82, 2.24) is 4.90 Å². The highest BCUT2D eigenvalue weighted by atomic mass is 19.1. The van der Waals surface area contributed by atoms with Gasteiger partial charge in [0, 0.05) is 5.56 Å². The highest BCUT2D eigenvalue weighted by molar-refractivity contribution is 5.94. The van der Waals surface area contributed by atoms with Crippen molar-refractivity contribution < 1.29 is 18.4 Å². The van der Waals surface area contributed by atoms with Crippen molar-refractivity contribution in [2.24, 2.45) is 0 Å². The quantitative estimate of drug-likeness (QED) is 0.610. The molecule has 0 fully saturated rings. The Bertz CT molecular complexity index is 475. The van der Waals surface area contributed by atoms with Crippen LogP contribution in [0.25, 0.3) is 0 Å². The fraction of sp³-hybridized carbons (Fsp3) is 0.231. The minimum atomic E-state index is -0.700. The Hall–Kier alpha value is -2.04. The van der Waals surface area contributed by atoms with Crippen molar-refractivity contribution in [2.75, 3.05) is 0 Å². The Morgan fingerprint density at radius 1 is 1.33 bits per heavy atom. The topological polar surface area (TPSA) is 37.4 Å². The van der Waals surface area contributed by atoms with Gasteiger partial charge in [-0.1, -0.05) is 6.08 Å². The number of allylic oxidation sites excluding steroid dienone is 1. The average molecular weight is 253 g/mol. The lowest BCUT2D eigenvalue weighted by atomic mass is 10.1. The van der Waals surface area contributed by atoms with Gasteiger partial charge in [0.05, 0.1) is 6.54 Å². The molecule has 3 nitrogen and oxygen atoms in total. The van der Waals surface area contributed by atoms with Crippen LogP contribution >= 0.6 is 0 Å². The smallest absolute Gasteiger partial charge is 0.252 e. The first-order chi connectivity index (χ1) is 8.49. The maximum Gasteiger partial charge on any atom is 0.252 e. The van der Waals surface area contributed by atoms with Crippen molar-refractivity contribution in [3.8, 4) is 0 Å².